The normalized spacial score (nSPS) is 22.9. The van der Waals surface area contributed by atoms with Crippen LogP contribution in [-0.4, -0.2) is 49.2 Å². The number of carbonyl (C=O) groups is 1. The van der Waals surface area contributed by atoms with Gasteiger partial charge in [-0.15, -0.1) is 0 Å². The Hall–Kier alpha value is -1.10. The Bertz CT molecular complexity index is 292. The van der Waals surface area contributed by atoms with E-state index in [1.165, 1.54) is 0 Å². The minimum Gasteiger partial charge on any atom is -0.445 e. The average Bonchev–Trinajstić information content (AvgIpc) is 2.82. The highest BCUT2D eigenvalue weighted by molar-refractivity contribution is 5.90. The lowest BCUT2D eigenvalue weighted by molar-refractivity contribution is 0.0672. The van der Waals surface area contributed by atoms with Gasteiger partial charge >= 0.3 is 6.09 Å². The van der Waals surface area contributed by atoms with Gasteiger partial charge in [-0.3, -0.25) is 0 Å². The van der Waals surface area contributed by atoms with Gasteiger partial charge in [0.2, 0.25) is 0 Å². The Morgan fingerprint density at radius 2 is 1.94 bits per heavy atom. The van der Waals surface area contributed by atoms with Crippen molar-refractivity contribution in [1.82, 2.24) is 4.90 Å². The van der Waals surface area contributed by atoms with Gasteiger partial charge in [0.25, 0.3) is 0 Å². The van der Waals surface area contributed by atoms with Crippen molar-refractivity contribution < 1.29 is 14.3 Å². The van der Waals surface area contributed by atoms with Crippen LogP contribution in [0.4, 0.5) is 4.79 Å². The van der Waals surface area contributed by atoms with Crippen molar-refractivity contribution in [2.75, 3.05) is 26.3 Å². The van der Waals surface area contributed by atoms with E-state index in [4.69, 9.17) is 9.47 Å². The smallest absolute Gasteiger partial charge is 0.435 e. The summed E-state index contributed by atoms with van der Waals surface area (Å²) in [5.41, 5.74) is 0. The molecule has 0 bridgehead atoms. The van der Waals surface area contributed by atoms with Gasteiger partial charge in [0.05, 0.1) is 13.2 Å². The lowest BCUT2D eigenvalue weighted by atomic mass is 10.3. The first kappa shape index (κ1) is 12.4. The van der Waals surface area contributed by atoms with Crippen LogP contribution in [0, 0.1) is 0 Å². The third-order valence-electron chi connectivity index (χ3n) is 3.29. The zero-order valence-electron chi connectivity index (χ0n) is 10.4. The molecule has 2 aliphatic rings. The summed E-state index contributed by atoms with van der Waals surface area (Å²) < 4.78 is 10.5. The van der Waals surface area contributed by atoms with E-state index in [1.807, 2.05) is 6.92 Å². The van der Waals surface area contributed by atoms with Gasteiger partial charge in [0.1, 0.15) is 11.9 Å². The van der Waals surface area contributed by atoms with Gasteiger partial charge in [-0.2, -0.15) is 4.99 Å². The van der Waals surface area contributed by atoms with Crippen molar-refractivity contribution in [3.05, 3.63) is 0 Å². The zero-order chi connectivity index (χ0) is 12.1. The van der Waals surface area contributed by atoms with Crippen LogP contribution in [0.2, 0.25) is 0 Å². The fourth-order valence-corrected chi connectivity index (χ4v) is 2.26. The van der Waals surface area contributed by atoms with Crippen LogP contribution in [0.1, 0.15) is 32.6 Å². The highest BCUT2D eigenvalue weighted by Gasteiger charge is 2.19. The van der Waals surface area contributed by atoms with E-state index in [1.54, 1.807) is 0 Å². The molecule has 0 aromatic rings. The zero-order valence-corrected chi connectivity index (χ0v) is 10.4. The second-order valence-corrected chi connectivity index (χ2v) is 4.55. The standard InChI is InChI=1S/C12H20N2O3/c1-10(14-6-8-16-9-7-14)13-12(15)17-11-4-2-3-5-11/h11H,2-9H2,1H3. The molecule has 96 valence electrons. The van der Waals surface area contributed by atoms with Crippen LogP contribution >= 0.6 is 0 Å². The highest BCUT2D eigenvalue weighted by atomic mass is 16.6. The molecule has 1 amide bonds. The first-order valence-corrected chi connectivity index (χ1v) is 6.34. The van der Waals surface area contributed by atoms with Crippen molar-refractivity contribution in [1.29, 1.82) is 0 Å². The summed E-state index contributed by atoms with van der Waals surface area (Å²) in [6, 6.07) is 0. The van der Waals surface area contributed by atoms with Gasteiger partial charge in [-0.05, 0) is 32.6 Å². The average molecular weight is 240 g/mol. The van der Waals surface area contributed by atoms with Crippen LogP contribution in [0.5, 0.6) is 0 Å². The highest BCUT2D eigenvalue weighted by Crippen LogP contribution is 2.21. The molecule has 0 spiro atoms. The van der Waals surface area contributed by atoms with E-state index in [0.717, 1.165) is 44.6 Å². The first-order valence-electron chi connectivity index (χ1n) is 6.34. The molecule has 2 fully saturated rings. The SMILES string of the molecule is CC(=NC(=O)OC1CCCC1)N1CCOCC1. The van der Waals surface area contributed by atoms with E-state index in [0.29, 0.717) is 13.2 Å². The maximum atomic E-state index is 11.6. The molecule has 0 atom stereocenters. The molecule has 0 N–H and O–H groups in total. The molecule has 1 aliphatic carbocycles. The number of nitrogens with zero attached hydrogens (tertiary/aromatic N) is 2. The van der Waals surface area contributed by atoms with E-state index in [9.17, 15) is 4.79 Å². The molecule has 1 aliphatic heterocycles. The number of morpholine rings is 1. The number of ether oxygens (including phenoxy) is 2. The molecule has 17 heavy (non-hydrogen) atoms. The minimum atomic E-state index is -0.444. The van der Waals surface area contributed by atoms with Crippen LogP contribution < -0.4 is 0 Å². The molecule has 0 aromatic heterocycles. The lowest BCUT2D eigenvalue weighted by Gasteiger charge is -2.27. The summed E-state index contributed by atoms with van der Waals surface area (Å²) in [5.74, 6) is 0.733. The molecule has 0 aromatic carbocycles. The summed E-state index contributed by atoms with van der Waals surface area (Å²) in [6.07, 6.45) is 3.92. The third kappa shape index (κ3) is 3.70. The predicted molar refractivity (Wildman–Crippen MR) is 64.2 cm³/mol. The van der Waals surface area contributed by atoms with Crippen molar-refractivity contribution in [3.63, 3.8) is 0 Å². The Morgan fingerprint density at radius 1 is 1.29 bits per heavy atom. The van der Waals surface area contributed by atoms with Crippen molar-refractivity contribution in [2.24, 2.45) is 4.99 Å². The molecular weight excluding hydrogens is 220 g/mol. The Kier molecular flexibility index (Phi) is 4.36. The Morgan fingerprint density at radius 3 is 2.59 bits per heavy atom. The molecule has 1 heterocycles. The third-order valence-corrected chi connectivity index (χ3v) is 3.29. The molecule has 1 saturated carbocycles. The van der Waals surface area contributed by atoms with Crippen LogP contribution in [0.3, 0.4) is 0 Å². The summed E-state index contributed by atoms with van der Waals surface area (Å²) in [7, 11) is 0. The topological polar surface area (TPSA) is 51.1 Å². The fraction of sp³-hybridized carbons (Fsp3) is 0.833. The van der Waals surface area contributed by atoms with E-state index in [-0.39, 0.29) is 6.10 Å². The summed E-state index contributed by atoms with van der Waals surface area (Å²) in [4.78, 5) is 17.6. The molecule has 0 unspecified atom stereocenters. The van der Waals surface area contributed by atoms with Crippen LogP contribution in [0.25, 0.3) is 0 Å². The quantitative estimate of drug-likeness (QED) is 0.518. The molecule has 0 radical (unpaired) electrons. The molecule has 5 nitrogen and oxygen atoms in total. The number of hydrogen-bond donors (Lipinski definition) is 0. The number of rotatable bonds is 1. The lowest BCUT2D eigenvalue weighted by Crippen LogP contribution is -2.39. The first-order chi connectivity index (χ1) is 8.25. The largest absolute Gasteiger partial charge is 0.445 e. The van der Waals surface area contributed by atoms with Gasteiger partial charge in [-0.25, -0.2) is 4.79 Å². The van der Waals surface area contributed by atoms with E-state index < -0.39 is 6.09 Å². The maximum absolute atomic E-state index is 11.6. The van der Waals surface area contributed by atoms with Crippen LogP contribution in [0.15, 0.2) is 4.99 Å². The Labute approximate surface area is 102 Å². The molecule has 2 rings (SSSR count). The van der Waals surface area contributed by atoms with E-state index >= 15 is 0 Å². The van der Waals surface area contributed by atoms with Gasteiger partial charge in [0.15, 0.2) is 0 Å². The number of hydrogen-bond acceptors (Lipinski definition) is 3. The number of aliphatic imine (C=N–C) groups is 1. The van der Waals surface area contributed by atoms with Crippen molar-refractivity contribution in [2.45, 2.75) is 38.7 Å². The van der Waals surface area contributed by atoms with Crippen molar-refractivity contribution in [3.8, 4) is 0 Å². The van der Waals surface area contributed by atoms with Crippen LogP contribution in [-0.2, 0) is 9.47 Å². The molecule has 5 heteroatoms. The molecule has 1 saturated heterocycles. The second-order valence-electron chi connectivity index (χ2n) is 4.55. The fourth-order valence-electron chi connectivity index (χ4n) is 2.26. The summed E-state index contributed by atoms with van der Waals surface area (Å²) in [5, 5.41) is 0. The summed E-state index contributed by atoms with van der Waals surface area (Å²) in [6.45, 7) is 4.84. The number of amides is 1. The van der Waals surface area contributed by atoms with Gasteiger partial charge < -0.3 is 14.4 Å². The summed E-state index contributed by atoms with van der Waals surface area (Å²) >= 11 is 0. The Balaban J connectivity index is 1.81. The molecular formula is C12H20N2O3. The van der Waals surface area contributed by atoms with Gasteiger partial charge in [0, 0.05) is 13.1 Å². The monoisotopic (exact) mass is 240 g/mol. The minimum absolute atomic E-state index is 0.0868. The second kappa shape index (κ2) is 6.00. The van der Waals surface area contributed by atoms with Gasteiger partial charge in [-0.1, -0.05) is 0 Å². The number of amidine groups is 1. The maximum Gasteiger partial charge on any atom is 0.435 e. The van der Waals surface area contributed by atoms with E-state index in [2.05, 4.69) is 9.89 Å². The number of carbonyl (C=O) groups excluding carboxylic acids is 1. The predicted octanol–water partition coefficient (Wildman–Crippen LogP) is 1.82. The van der Waals surface area contributed by atoms with Crippen molar-refractivity contribution >= 4 is 11.9 Å².